The number of hydrogen-bond donors (Lipinski definition) is 1. The fraction of sp³-hybridized carbons (Fsp3) is 0.600. The second-order valence-corrected chi connectivity index (χ2v) is 8.42. The summed E-state index contributed by atoms with van der Waals surface area (Å²) in [5.74, 6) is 1.46. The Morgan fingerprint density at radius 2 is 1.69 bits per heavy atom. The van der Waals surface area contributed by atoms with Gasteiger partial charge in [-0.2, -0.15) is 18.4 Å². The molecule has 0 aliphatic heterocycles. The Bertz CT molecular complexity index is 771. The van der Waals surface area contributed by atoms with Crippen molar-refractivity contribution in [1.29, 1.82) is 5.26 Å². The number of alkyl halides is 3. The first-order chi connectivity index (χ1) is 12.2. The molecule has 6 heteroatoms. The van der Waals surface area contributed by atoms with Crippen molar-refractivity contribution in [3.8, 4) is 6.07 Å². The molecule has 1 aromatic rings. The highest BCUT2D eigenvalue weighted by Gasteiger charge is 2.51. The van der Waals surface area contributed by atoms with Crippen LogP contribution in [0.4, 0.5) is 13.2 Å². The van der Waals surface area contributed by atoms with E-state index in [1.54, 1.807) is 6.07 Å². The number of halogens is 3. The number of carbonyl (C=O) groups is 1. The first-order valence-corrected chi connectivity index (χ1v) is 9.14. The van der Waals surface area contributed by atoms with E-state index in [1.165, 1.54) is 32.3 Å². The van der Waals surface area contributed by atoms with Crippen LogP contribution in [-0.4, -0.2) is 11.4 Å². The van der Waals surface area contributed by atoms with Gasteiger partial charge in [0.2, 0.25) is 0 Å². The molecule has 0 aromatic heterocycles. The number of benzene rings is 1. The summed E-state index contributed by atoms with van der Waals surface area (Å²) in [6.07, 6.45) is 1.83. The van der Waals surface area contributed by atoms with Gasteiger partial charge in [0, 0.05) is 11.1 Å². The van der Waals surface area contributed by atoms with Crippen molar-refractivity contribution in [3.05, 3.63) is 34.4 Å². The Morgan fingerprint density at radius 1 is 1.15 bits per heavy atom. The zero-order valence-electron chi connectivity index (χ0n) is 14.6. The molecule has 4 fully saturated rings. The van der Waals surface area contributed by atoms with E-state index in [0.29, 0.717) is 17.8 Å². The summed E-state index contributed by atoms with van der Waals surface area (Å²) in [5.41, 5.74) is -1.85. The van der Waals surface area contributed by atoms with E-state index >= 15 is 0 Å². The number of nitrogens with zero attached hydrogens (tertiary/aromatic N) is 1. The summed E-state index contributed by atoms with van der Waals surface area (Å²) in [4.78, 5) is 12.9. The average Bonchev–Trinajstić information content (AvgIpc) is 2.51. The Balaban J connectivity index is 1.64. The van der Waals surface area contributed by atoms with Gasteiger partial charge in [0.1, 0.15) is 0 Å². The molecule has 0 saturated heterocycles. The van der Waals surface area contributed by atoms with E-state index in [0.717, 1.165) is 25.3 Å². The maximum atomic E-state index is 13.4. The zero-order chi connectivity index (χ0) is 18.7. The topological polar surface area (TPSA) is 52.9 Å². The predicted octanol–water partition coefficient (Wildman–Crippen LogP) is 4.58. The van der Waals surface area contributed by atoms with E-state index in [1.807, 2.05) is 0 Å². The molecule has 0 unspecified atom stereocenters. The molecule has 0 spiro atoms. The molecule has 3 nitrogen and oxygen atoms in total. The monoisotopic (exact) mass is 362 g/mol. The minimum absolute atomic E-state index is 0.0204. The summed E-state index contributed by atoms with van der Waals surface area (Å²) < 4.78 is 40.1. The Kier molecular flexibility index (Phi) is 3.83. The molecular weight excluding hydrogens is 341 g/mol. The van der Waals surface area contributed by atoms with Gasteiger partial charge in [0.25, 0.3) is 5.91 Å². The van der Waals surface area contributed by atoms with Crippen molar-refractivity contribution < 1.29 is 18.0 Å². The zero-order valence-corrected chi connectivity index (χ0v) is 14.6. The normalized spacial score (nSPS) is 32.3. The molecule has 5 rings (SSSR count). The van der Waals surface area contributed by atoms with Crippen LogP contribution < -0.4 is 5.32 Å². The highest BCUT2D eigenvalue weighted by molar-refractivity contribution is 5.96. The summed E-state index contributed by atoms with van der Waals surface area (Å²) in [7, 11) is 0. The van der Waals surface area contributed by atoms with Crippen LogP contribution in [0.25, 0.3) is 0 Å². The van der Waals surface area contributed by atoms with Gasteiger partial charge in [-0.3, -0.25) is 4.79 Å². The molecule has 4 saturated carbocycles. The first kappa shape index (κ1) is 17.4. The summed E-state index contributed by atoms with van der Waals surface area (Å²) >= 11 is 0. The van der Waals surface area contributed by atoms with Gasteiger partial charge >= 0.3 is 6.18 Å². The number of nitriles is 1. The van der Waals surface area contributed by atoms with Crippen molar-refractivity contribution in [1.82, 2.24) is 5.32 Å². The minimum atomic E-state index is -4.66. The third-order valence-corrected chi connectivity index (χ3v) is 6.53. The van der Waals surface area contributed by atoms with Gasteiger partial charge < -0.3 is 5.32 Å². The third kappa shape index (κ3) is 2.78. The highest BCUT2D eigenvalue weighted by Crippen LogP contribution is 2.55. The molecule has 138 valence electrons. The van der Waals surface area contributed by atoms with E-state index in [-0.39, 0.29) is 16.7 Å². The molecule has 1 N–H and O–H groups in total. The SMILES string of the molecule is Cc1c(C(=O)NC23CC4CC(CC(C4)C2)C3)ccc(C#N)c1C(F)(F)F. The fourth-order valence-corrected chi connectivity index (χ4v) is 5.99. The number of hydrogen-bond acceptors (Lipinski definition) is 2. The van der Waals surface area contributed by atoms with Crippen LogP contribution in [0.15, 0.2) is 12.1 Å². The molecule has 0 atom stereocenters. The van der Waals surface area contributed by atoms with Crippen molar-refractivity contribution in [2.45, 2.75) is 57.2 Å². The van der Waals surface area contributed by atoms with Crippen molar-refractivity contribution in [2.75, 3.05) is 0 Å². The summed E-state index contributed by atoms with van der Waals surface area (Å²) in [6, 6.07) is 4.03. The Hall–Kier alpha value is -2.03. The molecule has 4 aliphatic rings. The van der Waals surface area contributed by atoms with E-state index in [9.17, 15) is 18.0 Å². The lowest BCUT2D eigenvalue weighted by Gasteiger charge is -2.56. The fourth-order valence-electron chi connectivity index (χ4n) is 5.99. The van der Waals surface area contributed by atoms with Crippen LogP contribution in [0, 0.1) is 36.0 Å². The van der Waals surface area contributed by atoms with E-state index < -0.39 is 23.2 Å². The van der Waals surface area contributed by atoms with Gasteiger partial charge in [-0.1, -0.05) is 0 Å². The van der Waals surface area contributed by atoms with Gasteiger partial charge in [0.15, 0.2) is 0 Å². The molecule has 4 aliphatic carbocycles. The van der Waals surface area contributed by atoms with E-state index in [4.69, 9.17) is 5.26 Å². The molecular formula is C20H21F3N2O. The molecule has 0 heterocycles. The molecule has 1 amide bonds. The number of nitrogens with one attached hydrogen (secondary N) is 1. The van der Waals surface area contributed by atoms with Crippen molar-refractivity contribution in [3.63, 3.8) is 0 Å². The summed E-state index contributed by atoms with van der Waals surface area (Å²) in [6.45, 7) is 1.28. The second-order valence-electron chi connectivity index (χ2n) is 8.42. The predicted molar refractivity (Wildman–Crippen MR) is 89.3 cm³/mol. The third-order valence-electron chi connectivity index (χ3n) is 6.53. The largest absolute Gasteiger partial charge is 0.417 e. The number of carbonyl (C=O) groups excluding carboxylic acids is 1. The minimum Gasteiger partial charge on any atom is -0.347 e. The van der Waals surface area contributed by atoms with Crippen LogP contribution in [-0.2, 0) is 6.18 Å². The lowest BCUT2D eigenvalue weighted by atomic mass is 9.53. The van der Waals surface area contributed by atoms with Crippen LogP contribution in [0.1, 0.15) is 65.6 Å². The Morgan fingerprint density at radius 3 is 2.15 bits per heavy atom. The average molecular weight is 362 g/mol. The first-order valence-electron chi connectivity index (χ1n) is 9.14. The maximum absolute atomic E-state index is 13.4. The van der Waals surface area contributed by atoms with Crippen LogP contribution in [0.2, 0.25) is 0 Å². The molecule has 4 bridgehead atoms. The smallest absolute Gasteiger partial charge is 0.347 e. The summed E-state index contributed by atoms with van der Waals surface area (Å²) in [5, 5.41) is 12.1. The van der Waals surface area contributed by atoms with Crippen LogP contribution in [0.5, 0.6) is 0 Å². The molecule has 0 radical (unpaired) electrons. The van der Waals surface area contributed by atoms with Crippen LogP contribution >= 0.6 is 0 Å². The second kappa shape index (κ2) is 5.73. The standard InChI is InChI=1S/C20H21F3N2O/c1-11-16(3-2-15(10-24)17(11)20(21,22)23)18(26)25-19-7-12-4-13(8-19)6-14(5-12)9-19/h2-3,12-14H,4-9H2,1H3,(H,25,26). The lowest BCUT2D eigenvalue weighted by Crippen LogP contribution is -2.59. The maximum Gasteiger partial charge on any atom is 0.417 e. The van der Waals surface area contributed by atoms with Crippen molar-refractivity contribution >= 4 is 5.91 Å². The highest BCUT2D eigenvalue weighted by atomic mass is 19.4. The van der Waals surface area contributed by atoms with Gasteiger partial charge in [0.05, 0.1) is 17.2 Å². The van der Waals surface area contributed by atoms with Crippen molar-refractivity contribution in [2.24, 2.45) is 17.8 Å². The van der Waals surface area contributed by atoms with Gasteiger partial charge in [-0.05, 0) is 80.9 Å². The Labute approximate surface area is 150 Å². The number of rotatable bonds is 2. The van der Waals surface area contributed by atoms with Gasteiger partial charge in [-0.25, -0.2) is 0 Å². The van der Waals surface area contributed by atoms with E-state index in [2.05, 4.69) is 5.32 Å². The lowest BCUT2D eigenvalue weighted by molar-refractivity contribution is -0.138. The van der Waals surface area contributed by atoms with Crippen LogP contribution in [0.3, 0.4) is 0 Å². The quantitative estimate of drug-likeness (QED) is 0.837. The molecule has 26 heavy (non-hydrogen) atoms. The number of amides is 1. The molecule has 1 aromatic carbocycles. The van der Waals surface area contributed by atoms with Gasteiger partial charge in [-0.15, -0.1) is 0 Å².